The molecule has 0 radical (unpaired) electrons. The molecular weight excluding hydrogens is 264 g/mol. The second kappa shape index (κ2) is 7.10. The predicted molar refractivity (Wildman–Crippen MR) is 83.8 cm³/mol. The maximum Gasteiger partial charge on any atom is 0.246 e. The van der Waals surface area contributed by atoms with Crippen molar-refractivity contribution in [2.24, 2.45) is 5.92 Å². The monoisotopic (exact) mass is 292 g/mol. The fraction of sp³-hybridized carbons (Fsp3) is 0.765. The first kappa shape index (κ1) is 16.1. The lowest BCUT2D eigenvalue weighted by molar-refractivity contribution is -0.143. The van der Waals surface area contributed by atoms with Crippen LogP contribution < -0.4 is 0 Å². The fourth-order valence-electron chi connectivity index (χ4n) is 3.51. The molecule has 0 aliphatic carbocycles. The molecule has 2 saturated heterocycles. The maximum absolute atomic E-state index is 12.2. The van der Waals surface area contributed by atoms with E-state index in [0.29, 0.717) is 24.3 Å². The first-order valence-electron chi connectivity index (χ1n) is 8.26. The van der Waals surface area contributed by atoms with Gasteiger partial charge >= 0.3 is 0 Å². The van der Waals surface area contributed by atoms with Crippen LogP contribution in [0.4, 0.5) is 0 Å². The van der Waals surface area contributed by atoms with Gasteiger partial charge < -0.3 is 9.80 Å². The van der Waals surface area contributed by atoms with Crippen LogP contribution in [-0.4, -0.2) is 47.3 Å². The van der Waals surface area contributed by atoms with Gasteiger partial charge in [0.05, 0.1) is 0 Å². The highest BCUT2D eigenvalue weighted by Crippen LogP contribution is 2.31. The summed E-state index contributed by atoms with van der Waals surface area (Å²) >= 11 is 0. The quantitative estimate of drug-likeness (QED) is 0.747. The molecule has 2 atom stereocenters. The van der Waals surface area contributed by atoms with E-state index >= 15 is 0 Å². The van der Waals surface area contributed by atoms with Crippen molar-refractivity contribution in [3.05, 3.63) is 11.6 Å². The number of carbonyl (C=O) groups excluding carboxylic acids is 2. The largest absolute Gasteiger partial charge is 0.339 e. The van der Waals surface area contributed by atoms with Crippen molar-refractivity contribution in [1.29, 1.82) is 0 Å². The highest BCUT2D eigenvalue weighted by atomic mass is 16.2. The molecule has 118 valence electrons. The second-order valence-corrected chi connectivity index (χ2v) is 6.60. The third-order valence-corrected chi connectivity index (χ3v) is 4.62. The van der Waals surface area contributed by atoms with Crippen LogP contribution in [0.15, 0.2) is 11.6 Å². The number of amides is 2. The van der Waals surface area contributed by atoms with Gasteiger partial charge in [0.1, 0.15) is 0 Å². The van der Waals surface area contributed by atoms with Crippen molar-refractivity contribution >= 4 is 11.8 Å². The number of unbranched alkanes of at least 4 members (excludes halogenated alkanes) is 1. The number of piperidine rings is 2. The van der Waals surface area contributed by atoms with Crippen LogP contribution >= 0.6 is 0 Å². The van der Waals surface area contributed by atoms with Crippen molar-refractivity contribution in [1.82, 2.24) is 9.80 Å². The maximum atomic E-state index is 12.2. The van der Waals surface area contributed by atoms with Crippen LogP contribution in [0.5, 0.6) is 0 Å². The Bertz CT molecular complexity index is 427. The molecule has 0 spiro atoms. The lowest BCUT2D eigenvalue weighted by atomic mass is 9.83. The summed E-state index contributed by atoms with van der Waals surface area (Å²) < 4.78 is 0. The third-order valence-electron chi connectivity index (χ3n) is 4.62. The van der Waals surface area contributed by atoms with Gasteiger partial charge in [-0.3, -0.25) is 9.59 Å². The molecule has 0 N–H and O–H groups in total. The Balaban J connectivity index is 2.00. The Labute approximate surface area is 128 Å². The highest BCUT2D eigenvalue weighted by Gasteiger charge is 2.39. The van der Waals surface area contributed by atoms with Crippen LogP contribution in [0.25, 0.3) is 0 Å². The topological polar surface area (TPSA) is 40.6 Å². The number of allylic oxidation sites excluding steroid dienone is 1. The molecular formula is C17H28N2O2. The number of likely N-dealkylation sites (tertiary alicyclic amines) is 2. The van der Waals surface area contributed by atoms with E-state index in [-0.39, 0.29) is 5.91 Å². The normalized spacial score (nSPS) is 25.6. The Morgan fingerprint density at radius 1 is 1.33 bits per heavy atom. The summed E-state index contributed by atoms with van der Waals surface area (Å²) in [6, 6.07) is 0.355. The molecule has 2 aliphatic heterocycles. The average Bonchev–Trinajstić information content (AvgIpc) is 2.45. The first-order valence-corrected chi connectivity index (χ1v) is 8.26. The summed E-state index contributed by atoms with van der Waals surface area (Å²) in [4.78, 5) is 28.4. The minimum Gasteiger partial charge on any atom is -0.339 e. The Morgan fingerprint density at radius 2 is 2.10 bits per heavy atom. The van der Waals surface area contributed by atoms with Gasteiger partial charge in [0.15, 0.2) is 0 Å². The molecule has 0 aromatic rings. The smallest absolute Gasteiger partial charge is 0.246 e. The van der Waals surface area contributed by atoms with Crippen LogP contribution in [-0.2, 0) is 9.59 Å². The van der Waals surface area contributed by atoms with Crippen LogP contribution in [0, 0.1) is 5.92 Å². The van der Waals surface area contributed by atoms with E-state index in [1.165, 1.54) is 0 Å². The average molecular weight is 292 g/mol. The minimum atomic E-state index is 0.130. The first-order chi connectivity index (χ1) is 10.0. The SMILES string of the molecule is CCCCN1C(=O)CC[C@H]2CN(C(=O)C=C(C)C)CC[C@@H]21. The lowest BCUT2D eigenvalue weighted by Gasteiger charge is -2.47. The molecule has 2 aliphatic rings. The number of nitrogens with zero attached hydrogens (tertiary/aromatic N) is 2. The summed E-state index contributed by atoms with van der Waals surface area (Å²) in [6.45, 7) is 8.54. The number of fused-ring (bicyclic) bond motifs is 1. The van der Waals surface area contributed by atoms with E-state index in [9.17, 15) is 9.59 Å². The van der Waals surface area contributed by atoms with Crippen molar-refractivity contribution in [2.45, 2.75) is 58.9 Å². The van der Waals surface area contributed by atoms with E-state index in [1.807, 2.05) is 18.7 Å². The van der Waals surface area contributed by atoms with Crippen LogP contribution in [0.2, 0.25) is 0 Å². The van der Waals surface area contributed by atoms with Gasteiger partial charge in [-0.2, -0.15) is 0 Å². The van der Waals surface area contributed by atoms with Crippen molar-refractivity contribution in [3.8, 4) is 0 Å². The summed E-state index contributed by atoms with van der Waals surface area (Å²) in [5.74, 6) is 0.905. The number of carbonyl (C=O) groups is 2. The van der Waals surface area contributed by atoms with E-state index in [2.05, 4.69) is 11.8 Å². The zero-order valence-corrected chi connectivity index (χ0v) is 13.6. The zero-order chi connectivity index (χ0) is 15.4. The molecule has 2 amide bonds. The Kier molecular flexibility index (Phi) is 5.43. The van der Waals surface area contributed by atoms with E-state index in [0.717, 1.165) is 50.9 Å². The highest BCUT2D eigenvalue weighted by molar-refractivity contribution is 5.88. The van der Waals surface area contributed by atoms with Gasteiger partial charge in [-0.05, 0) is 39.0 Å². The third kappa shape index (κ3) is 3.86. The number of hydrogen-bond donors (Lipinski definition) is 0. The molecule has 21 heavy (non-hydrogen) atoms. The summed E-state index contributed by atoms with van der Waals surface area (Å²) in [5.41, 5.74) is 1.05. The molecule has 0 unspecified atom stereocenters. The molecule has 0 aromatic heterocycles. The summed E-state index contributed by atoms with van der Waals surface area (Å²) in [6.07, 6.45) is 6.44. The molecule has 4 heteroatoms. The van der Waals surface area contributed by atoms with Gasteiger partial charge in [0.25, 0.3) is 0 Å². The van der Waals surface area contributed by atoms with Crippen molar-refractivity contribution < 1.29 is 9.59 Å². The molecule has 2 fully saturated rings. The van der Waals surface area contributed by atoms with Crippen LogP contribution in [0.1, 0.15) is 52.9 Å². The molecule has 0 bridgehead atoms. The predicted octanol–water partition coefficient (Wildman–Crippen LogP) is 2.59. The van der Waals surface area contributed by atoms with Crippen molar-refractivity contribution in [3.63, 3.8) is 0 Å². The Hall–Kier alpha value is -1.32. The Morgan fingerprint density at radius 3 is 2.76 bits per heavy atom. The molecule has 0 saturated carbocycles. The zero-order valence-electron chi connectivity index (χ0n) is 13.6. The standard InChI is InChI=1S/C17H28N2O2/c1-4-5-9-19-15-8-10-18(17(21)11-13(2)3)12-14(15)6-7-16(19)20/h11,14-15H,4-10,12H2,1-3H3/t14-,15-/m0/s1. The fourth-order valence-corrected chi connectivity index (χ4v) is 3.51. The van der Waals surface area contributed by atoms with Gasteiger partial charge in [-0.15, -0.1) is 0 Å². The van der Waals surface area contributed by atoms with Gasteiger partial charge in [0, 0.05) is 38.2 Å². The van der Waals surface area contributed by atoms with Crippen LogP contribution in [0.3, 0.4) is 0 Å². The van der Waals surface area contributed by atoms with E-state index in [1.54, 1.807) is 6.08 Å². The van der Waals surface area contributed by atoms with E-state index < -0.39 is 0 Å². The van der Waals surface area contributed by atoms with Crippen molar-refractivity contribution in [2.75, 3.05) is 19.6 Å². The molecule has 2 rings (SSSR count). The van der Waals surface area contributed by atoms with Gasteiger partial charge in [-0.1, -0.05) is 18.9 Å². The lowest BCUT2D eigenvalue weighted by Crippen LogP contribution is -2.56. The van der Waals surface area contributed by atoms with E-state index in [4.69, 9.17) is 0 Å². The number of hydrogen-bond acceptors (Lipinski definition) is 2. The molecule has 2 heterocycles. The molecule has 4 nitrogen and oxygen atoms in total. The number of rotatable bonds is 4. The van der Waals surface area contributed by atoms with Gasteiger partial charge in [-0.25, -0.2) is 0 Å². The summed E-state index contributed by atoms with van der Waals surface area (Å²) in [5, 5.41) is 0. The van der Waals surface area contributed by atoms with Gasteiger partial charge in [0.2, 0.25) is 11.8 Å². The molecule has 0 aromatic carbocycles. The second-order valence-electron chi connectivity index (χ2n) is 6.60. The minimum absolute atomic E-state index is 0.130. The summed E-state index contributed by atoms with van der Waals surface area (Å²) in [7, 11) is 0.